The fourth-order valence-corrected chi connectivity index (χ4v) is 8.84. The van der Waals surface area contributed by atoms with Crippen LogP contribution in [0, 0.1) is 6.33 Å². The Hall–Kier alpha value is -8.44. The molecule has 5 nitrogen and oxygen atoms in total. The van der Waals surface area contributed by atoms with E-state index in [9.17, 15) is 26.3 Å². The molecule has 0 saturated heterocycles. The number of para-hydroxylation sites is 4. The molecule has 11 aromatic rings. The minimum absolute atomic E-state index is 0.0290. The summed E-state index contributed by atoms with van der Waals surface area (Å²) in [4.78, 5) is 4.75. The monoisotopic (exact) mass is 958 g/mol. The van der Waals surface area contributed by atoms with Crippen molar-refractivity contribution >= 4 is 32.8 Å². The molecular weight excluding hydrogens is 907 g/mol. The van der Waals surface area contributed by atoms with Crippen LogP contribution in [0.5, 0.6) is 11.5 Å². The van der Waals surface area contributed by atoms with Gasteiger partial charge in [-0.05, 0) is 111 Å². The molecule has 0 atom stereocenters. The molecule has 0 spiro atoms. The third kappa shape index (κ3) is 8.47. The molecule has 0 bridgehead atoms. The lowest BCUT2D eigenvalue weighted by atomic mass is 9.88. The van der Waals surface area contributed by atoms with Crippen LogP contribution in [0.1, 0.15) is 51.2 Å². The highest BCUT2D eigenvalue weighted by Crippen LogP contribution is 2.42. The molecule has 11 heteroatoms. The lowest BCUT2D eigenvalue weighted by Crippen LogP contribution is -2.31. The van der Waals surface area contributed by atoms with Gasteiger partial charge in [0, 0.05) is 23.0 Å². The summed E-state index contributed by atoms with van der Waals surface area (Å²) < 4.78 is 186. The van der Waals surface area contributed by atoms with Gasteiger partial charge in [0.15, 0.2) is 0 Å². The molecule has 0 amide bonds. The minimum Gasteiger partial charge on any atom is -0.458 e. The van der Waals surface area contributed by atoms with Gasteiger partial charge in [0.05, 0.1) is 58.3 Å². The maximum Gasteiger partial charge on any atom is 0.416 e. The summed E-state index contributed by atoms with van der Waals surface area (Å²) >= 11 is 0. The number of hydrogen-bond acceptors (Lipinski definition) is 2. The van der Waals surface area contributed by atoms with E-state index in [1.54, 1.807) is 42.6 Å². The van der Waals surface area contributed by atoms with Crippen LogP contribution in [-0.2, 0) is 17.8 Å². The van der Waals surface area contributed by atoms with Crippen LogP contribution in [0.3, 0.4) is 0 Å². The average molecular weight is 959 g/mol. The number of aromatic nitrogens is 4. The first-order valence-electron chi connectivity index (χ1n) is 27.1. The molecule has 0 unspecified atom stereocenters. The van der Waals surface area contributed by atoms with Crippen LogP contribution < -0.4 is 9.30 Å². The lowest BCUT2D eigenvalue weighted by Gasteiger charge is -2.20. The van der Waals surface area contributed by atoms with Crippen LogP contribution >= 0.6 is 0 Å². The highest BCUT2D eigenvalue weighted by atomic mass is 19.4. The first kappa shape index (κ1) is 34.8. The van der Waals surface area contributed by atoms with Crippen molar-refractivity contribution in [1.29, 1.82) is 0 Å². The Morgan fingerprint density at radius 2 is 1.14 bits per heavy atom. The Bertz CT molecular complexity index is 4260. The third-order valence-corrected chi connectivity index (χ3v) is 12.2. The fraction of sp³-hybridized carbons (Fsp3) is 0.100. The molecule has 0 fully saturated rings. The van der Waals surface area contributed by atoms with Gasteiger partial charge in [-0.1, -0.05) is 142 Å². The number of alkyl halides is 6. The molecule has 3 heterocycles. The van der Waals surface area contributed by atoms with Gasteiger partial charge in [-0.3, -0.25) is 13.7 Å². The topological polar surface area (TPSA) is 35.9 Å². The van der Waals surface area contributed by atoms with Crippen molar-refractivity contribution < 1.29 is 49.4 Å². The lowest BCUT2D eigenvalue weighted by molar-refractivity contribution is -0.571. The SMILES string of the molecule is [2H]c1c([2H])c([2H])c(-c2cccc(-c3c([2H])c([2H])c([2H])c([2H])c3[2H])c2-[n+]2[c-]n(-c3cc(Oc4ccc5c6ccccc6n(-c6cc(C(C)(C)C)ccn6)c5c4)cc(-c4cc(C(F)(F)F)cc(C(F)(F)F)c4)c3)c3ccccc32)c([2H])c1[2H]. The second-order valence-corrected chi connectivity index (χ2v) is 17.8. The van der Waals surface area contributed by atoms with E-state index in [2.05, 4.69) is 27.1 Å². The Morgan fingerprint density at radius 3 is 1.79 bits per heavy atom. The van der Waals surface area contributed by atoms with Crippen molar-refractivity contribution in [2.75, 3.05) is 0 Å². The van der Waals surface area contributed by atoms with Crippen molar-refractivity contribution in [1.82, 2.24) is 14.1 Å². The van der Waals surface area contributed by atoms with Crippen LogP contribution in [0.25, 0.3) is 83.4 Å². The molecule has 11 rings (SSSR count). The summed E-state index contributed by atoms with van der Waals surface area (Å²) in [6, 6.07) is 26.3. The highest BCUT2D eigenvalue weighted by Gasteiger charge is 2.37. The number of halogens is 6. The fourth-order valence-electron chi connectivity index (χ4n) is 8.84. The van der Waals surface area contributed by atoms with Crippen molar-refractivity contribution in [2.24, 2.45) is 0 Å². The van der Waals surface area contributed by atoms with Crippen LogP contribution in [0.15, 0.2) is 200 Å². The maximum absolute atomic E-state index is 14.6. The van der Waals surface area contributed by atoms with Crippen molar-refractivity contribution in [3.05, 3.63) is 223 Å². The Kier molecular flexibility index (Phi) is 8.43. The number of fused-ring (bicyclic) bond motifs is 4. The molecule has 0 aliphatic heterocycles. The van der Waals surface area contributed by atoms with E-state index in [0.29, 0.717) is 23.5 Å². The molecule has 0 N–H and O–H groups in total. The Balaban J connectivity index is 1.19. The number of nitrogens with zero attached hydrogens (tertiary/aromatic N) is 4. The predicted octanol–water partition coefficient (Wildman–Crippen LogP) is 16.3. The van der Waals surface area contributed by atoms with Gasteiger partial charge in [-0.25, -0.2) is 4.98 Å². The second-order valence-electron chi connectivity index (χ2n) is 17.8. The number of pyridine rings is 1. The summed E-state index contributed by atoms with van der Waals surface area (Å²) in [7, 11) is 0. The first-order valence-corrected chi connectivity index (χ1v) is 22.1. The van der Waals surface area contributed by atoms with Gasteiger partial charge >= 0.3 is 12.4 Å². The van der Waals surface area contributed by atoms with E-state index >= 15 is 0 Å². The predicted molar refractivity (Wildman–Crippen MR) is 267 cm³/mol. The van der Waals surface area contributed by atoms with Gasteiger partial charge in [-0.2, -0.15) is 26.3 Å². The van der Waals surface area contributed by atoms with E-state index in [1.807, 2.05) is 47.0 Å². The molecule has 0 aliphatic carbocycles. The summed E-state index contributed by atoms with van der Waals surface area (Å²) in [5.41, 5.74) is -1.76. The Morgan fingerprint density at radius 1 is 0.535 bits per heavy atom. The van der Waals surface area contributed by atoms with Gasteiger partial charge in [0.25, 0.3) is 6.33 Å². The van der Waals surface area contributed by atoms with Crippen molar-refractivity contribution in [3.63, 3.8) is 0 Å². The summed E-state index contributed by atoms with van der Waals surface area (Å²) in [5, 5.41) is 1.71. The van der Waals surface area contributed by atoms with Gasteiger partial charge in [-0.15, -0.1) is 0 Å². The molecule has 71 heavy (non-hydrogen) atoms. The largest absolute Gasteiger partial charge is 0.458 e. The molecular formula is C60H42F6N4O. The smallest absolute Gasteiger partial charge is 0.416 e. The average Bonchev–Trinajstić information content (AvgIpc) is 4.03. The zero-order chi connectivity index (χ0) is 57.9. The summed E-state index contributed by atoms with van der Waals surface area (Å²) in [6.07, 6.45) is -5.47. The van der Waals surface area contributed by atoms with E-state index in [1.165, 1.54) is 45.5 Å². The van der Waals surface area contributed by atoms with E-state index in [0.717, 1.165) is 21.9 Å². The van der Waals surface area contributed by atoms with E-state index < -0.39 is 89.5 Å². The number of rotatable bonds is 8. The van der Waals surface area contributed by atoms with E-state index in [-0.39, 0.29) is 73.2 Å². The summed E-state index contributed by atoms with van der Waals surface area (Å²) in [6.45, 7) is 6.23. The molecule has 350 valence electrons. The molecule has 8 aromatic carbocycles. The normalized spacial score (nSPS) is 14.3. The highest BCUT2D eigenvalue weighted by molar-refractivity contribution is 6.09. The molecule has 0 radical (unpaired) electrons. The van der Waals surface area contributed by atoms with Gasteiger partial charge in [0.1, 0.15) is 17.3 Å². The third-order valence-electron chi connectivity index (χ3n) is 12.2. The first-order chi connectivity index (χ1) is 38.2. The number of ether oxygens (including phenoxy) is 1. The molecule has 0 aliphatic rings. The quantitative estimate of drug-likeness (QED) is 0.0864. The van der Waals surface area contributed by atoms with Crippen molar-refractivity contribution in [3.8, 4) is 62.1 Å². The number of hydrogen-bond donors (Lipinski definition) is 0. The Labute approximate surface area is 419 Å². The number of imidazole rings is 1. The van der Waals surface area contributed by atoms with E-state index in [4.69, 9.17) is 23.4 Å². The van der Waals surface area contributed by atoms with Crippen LogP contribution in [0.2, 0.25) is 0 Å². The van der Waals surface area contributed by atoms with Crippen LogP contribution in [-0.4, -0.2) is 14.1 Å². The molecule has 0 saturated carbocycles. The van der Waals surface area contributed by atoms with Gasteiger partial charge < -0.3 is 4.74 Å². The standard InChI is InChI=1S/C60H42F6N4O/c1-58(2,3)42-27-28-67-56(34-42)70-52-22-11-10-19-50(52)51-26-25-46(36-55(51)70)71-47-32-41(40-29-43(59(61,62)63)33-44(30-40)60(64,65)66)31-45(35-47)68-37-69(54-24-13-12-23-53(54)68)57-48(38-15-6-4-7-16-38)20-14-21-49(57)39-17-8-5-9-18-39/h4-36H,1-3H3/i4D,5D,6D,7D,8D,9D,15D,16D,17D,18D. The van der Waals surface area contributed by atoms with Gasteiger partial charge in [0.2, 0.25) is 0 Å². The molecule has 3 aromatic heterocycles. The second kappa shape index (κ2) is 17.2. The minimum atomic E-state index is -5.20. The number of benzene rings is 8. The van der Waals surface area contributed by atoms with Crippen molar-refractivity contribution in [2.45, 2.75) is 38.5 Å². The summed E-state index contributed by atoms with van der Waals surface area (Å²) in [5.74, 6) is 0.764. The maximum atomic E-state index is 14.6. The zero-order valence-corrected chi connectivity index (χ0v) is 37.7. The zero-order valence-electron chi connectivity index (χ0n) is 47.7. The van der Waals surface area contributed by atoms with Crippen LogP contribution in [0.4, 0.5) is 26.3 Å².